The molecular formula is C14H19NO2. The van der Waals surface area contributed by atoms with Crippen LogP contribution in [0.1, 0.15) is 45.2 Å². The summed E-state index contributed by atoms with van der Waals surface area (Å²) in [4.78, 5) is 11.5. The third kappa shape index (κ3) is 2.60. The van der Waals surface area contributed by atoms with Crippen LogP contribution in [0.3, 0.4) is 0 Å². The standard InChI is InChI=1S/C14H19NO2/c1-4-13(16)15-11-9-14(2,3)17-12-8-6-5-7-10(11)12/h5-8,11H,4,9H2,1-3H3,(H,15,16)/t11-/m1/s1. The van der Waals surface area contributed by atoms with Crippen molar-refractivity contribution in [3.63, 3.8) is 0 Å². The number of nitrogens with one attached hydrogen (secondary N) is 1. The maximum absolute atomic E-state index is 11.5. The summed E-state index contributed by atoms with van der Waals surface area (Å²) in [5.74, 6) is 0.965. The van der Waals surface area contributed by atoms with Gasteiger partial charge in [0, 0.05) is 18.4 Å². The zero-order valence-corrected chi connectivity index (χ0v) is 10.6. The van der Waals surface area contributed by atoms with Gasteiger partial charge in [0.05, 0.1) is 6.04 Å². The largest absolute Gasteiger partial charge is 0.487 e. The van der Waals surface area contributed by atoms with Gasteiger partial charge >= 0.3 is 0 Å². The van der Waals surface area contributed by atoms with Gasteiger partial charge in [-0.3, -0.25) is 4.79 Å². The van der Waals surface area contributed by atoms with Crippen LogP contribution in [0, 0.1) is 0 Å². The quantitative estimate of drug-likeness (QED) is 0.853. The van der Waals surface area contributed by atoms with Crippen molar-refractivity contribution in [3.8, 4) is 5.75 Å². The summed E-state index contributed by atoms with van der Waals surface area (Å²) in [7, 11) is 0. The van der Waals surface area contributed by atoms with Crippen LogP contribution in [0.2, 0.25) is 0 Å². The molecule has 1 aromatic rings. The lowest BCUT2D eigenvalue weighted by Gasteiger charge is -2.37. The topological polar surface area (TPSA) is 38.3 Å². The van der Waals surface area contributed by atoms with Crippen LogP contribution >= 0.6 is 0 Å². The SMILES string of the molecule is CCC(=O)N[C@@H]1CC(C)(C)Oc2ccccc21. The van der Waals surface area contributed by atoms with Crippen molar-refractivity contribution in [1.29, 1.82) is 0 Å². The van der Waals surface area contributed by atoms with E-state index >= 15 is 0 Å². The van der Waals surface area contributed by atoms with Gasteiger partial charge in [-0.05, 0) is 19.9 Å². The molecule has 0 unspecified atom stereocenters. The maximum atomic E-state index is 11.5. The van der Waals surface area contributed by atoms with Gasteiger partial charge in [0.25, 0.3) is 0 Å². The fraction of sp³-hybridized carbons (Fsp3) is 0.500. The number of ether oxygens (including phenoxy) is 1. The fourth-order valence-electron chi connectivity index (χ4n) is 2.23. The normalized spacial score (nSPS) is 21.2. The highest BCUT2D eigenvalue weighted by atomic mass is 16.5. The van der Waals surface area contributed by atoms with Crippen LogP contribution in [-0.2, 0) is 4.79 Å². The second-order valence-electron chi connectivity index (χ2n) is 5.08. The molecule has 0 bridgehead atoms. The molecule has 0 saturated heterocycles. The summed E-state index contributed by atoms with van der Waals surface area (Å²) in [5.41, 5.74) is 0.841. The minimum Gasteiger partial charge on any atom is -0.487 e. The van der Waals surface area contributed by atoms with Crippen molar-refractivity contribution < 1.29 is 9.53 Å². The first-order valence-electron chi connectivity index (χ1n) is 6.09. The van der Waals surface area contributed by atoms with Crippen molar-refractivity contribution in [2.24, 2.45) is 0 Å². The summed E-state index contributed by atoms with van der Waals surface area (Å²) in [5, 5.41) is 3.06. The first-order chi connectivity index (χ1) is 8.02. The molecule has 1 amide bonds. The number of amides is 1. The van der Waals surface area contributed by atoms with Crippen molar-refractivity contribution in [2.75, 3.05) is 0 Å². The second kappa shape index (κ2) is 4.40. The Hall–Kier alpha value is -1.51. The van der Waals surface area contributed by atoms with Gasteiger partial charge in [-0.15, -0.1) is 0 Å². The zero-order valence-electron chi connectivity index (χ0n) is 10.6. The molecule has 2 rings (SSSR count). The molecule has 1 heterocycles. The van der Waals surface area contributed by atoms with E-state index in [1.54, 1.807) is 0 Å². The molecule has 1 aliphatic rings. The summed E-state index contributed by atoms with van der Waals surface area (Å²) in [6, 6.07) is 7.97. The Morgan fingerprint density at radius 2 is 2.18 bits per heavy atom. The predicted octanol–water partition coefficient (Wildman–Crippen LogP) is 2.82. The number of hydrogen-bond donors (Lipinski definition) is 1. The van der Waals surface area contributed by atoms with Gasteiger partial charge in [-0.1, -0.05) is 25.1 Å². The fourth-order valence-corrected chi connectivity index (χ4v) is 2.23. The average molecular weight is 233 g/mol. The first kappa shape index (κ1) is 12.0. The zero-order chi connectivity index (χ0) is 12.5. The van der Waals surface area contributed by atoms with Gasteiger partial charge in [0.2, 0.25) is 5.91 Å². The molecule has 3 nitrogen and oxygen atoms in total. The Morgan fingerprint density at radius 1 is 1.47 bits per heavy atom. The minimum atomic E-state index is -0.236. The summed E-state index contributed by atoms with van der Waals surface area (Å²) < 4.78 is 5.91. The number of rotatable bonds is 2. The minimum absolute atomic E-state index is 0.0578. The van der Waals surface area contributed by atoms with E-state index in [0.29, 0.717) is 6.42 Å². The number of para-hydroxylation sites is 1. The van der Waals surface area contributed by atoms with E-state index < -0.39 is 0 Å². The van der Waals surface area contributed by atoms with Crippen LogP contribution in [0.4, 0.5) is 0 Å². The predicted molar refractivity (Wildman–Crippen MR) is 66.9 cm³/mol. The van der Waals surface area contributed by atoms with Crippen molar-refractivity contribution in [1.82, 2.24) is 5.32 Å². The third-order valence-electron chi connectivity index (χ3n) is 3.03. The van der Waals surface area contributed by atoms with Crippen molar-refractivity contribution in [3.05, 3.63) is 29.8 Å². The highest BCUT2D eigenvalue weighted by molar-refractivity contribution is 5.76. The van der Waals surface area contributed by atoms with E-state index in [2.05, 4.69) is 5.32 Å². The molecule has 3 heteroatoms. The van der Waals surface area contributed by atoms with Crippen molar-refractivity contribution in [2.45, 2.75) is 45.3 Å². The summed E-state index contributed by atoms with van der Waals surface area (Å²) in [6.45, 7) is 5.97. The number of carbonyl (C=O) groups excluding carboxylic acids is 1. The van der Waals surface area contributed by atoms with Crippen LogP contribution in [0.5, 0.6) is 5.75 Å². The molecular weight excluding hydrogens is 214 g/mol. The molecule has 0 aliphatic carbocycles. The molecule has 1 aromatic carbocycles. The van der Waals surface area contributed by atoms with E-state index in [1.165, 1.54) is 0 Å². The van der Waals surface area contributed by atoms with E-state index in [0.717, 1.165) is 17.7 Å². The van der Waals surface area contributed by atoms with Gasteiger partial charge in [0.15, 0.2) is 0 Å². The number of hydrogen-bond acceptors (Lipinski definition) is 2. The smallest absolute Gasteiger partial charge is 0.220 e. The lowest BCUT2D eigenvalue weighted by molar-refractivity contribution is -0.122. The van der Waals surface area contributed by atoms with Crippen LogP contribution in [0.25, 0.3) is 0 Å². The Kier molecular flexibility index (Phi) is 3.09. The van der Waals surface area contributed by atoms with Gasteiger partial charge < -0.3 is 10.1 Å². The van der Waals surface area contributed by atoms with Crippen LogP contribution < -0.4 is 10.1 Å². The Bertz CT molecular complexity index is 426. The molecule has 1 N–H and O–H groups in total. The first-order valence-corrected chi connectivity index (χ1v) is 6.09. The van der Waals surface area contributed by atoms with E-state index in [4.69, 9.17) is 4.74 Å². The molecule has 0 fully saturated rings. The highest BCUT2D eigenvalue weighted by Gasteiger charge is 2.33. The third-order valence-corrected chi connectivity index (χ3v) is 3.03. The molecule has 17 heavy (non-hydrogen) atoms. The Morgan fingerprint density at radius 3 is 2.88 bits per heavy atom. The number of fused-ring (bicyclic) bond motifs is 1. The Labute approximate surface area is 102 Å². The monoisotopic (exact) mass is 233 g/mol. The molecule has 0 aromatic heterocycles. The van der Waals surface area contributed by atoms with Crippen LogP contribution in [-0.4, -0.2) is 11.5 Å². The van der Waals surface area contributed by atoms with Gasteiger partial charge in [0.1, 0.15) is 11.4 Å². The maximum Gasteiger partial charge on any atom is 0.220 e. The lowest BCUT2D eigenvalue weighted by atomic mass is 9.89. The molecule has 1 atom stereocenters. The van der Waals surface area contributed by atoms with Crippen molar-refractivity contribution >= 4 is 5.91 Å². The van der Waals surface area contributed by atoms with E-state index in [-0.39, 0.29) is 17.6 Å². The summed E-state index contributed by atoms with van der Waals surface area (Å²) >= 11 is 0. The number of carbonyl (C=O) groups is 1. The number of benzene rings is 1. The molecule has 0 saturated carbocycles. The van der Waals surface area contributed by atoms with Gasteiger partial charge in [-0.25, -0.2) is 0 Å². The second-order valence-corrected chi connectivity index (χ2v) is 5.08. The molecule has 1 aliphatic heterocycles. The Balaban J connectivity index is 2.29. The highest BCUT2D eigenvalue weighted by Crippen LogP contribution is 2.39. The van der Waals surface area contributed by atoms with Gasteiger partial charge in [-0.2, -0.15) is 0 Å². The average Bonchev–Trinajstić information content (AvgIpc) is 2.27. The van der Waals surface area contributed by atoms with Crippen LogP contribution in [0.15, 0.2) is 24.3 Å². The molecule has 0 radical (unpaired) electrons. The lowest BCUT2D eigenvalue weighted by Crippen LogP contribution is -2.41. The van der Waals surface area contributed by atoms with E-state index in [1.807, 2.05) is 45.0 Å². The van der Waals surface area contributed by atoms with E-state index in [9.17, 15) is 4.79 Å². The molecule has 0 spiro atoms. The summed E-state index contributed by atoms with van der Waals surface area (Å²) in [6.07, 6.45) is 1.32. The molecule has 92 valence electrons.